The lowest BCUT2D eigenvalue weighted by Crippen LogP contribution is -2.53. The number of ether oxygens (including phenoxy) is 1. The Labute approximate surface area is 130 Å². The molecule has 0 aliphatic heterocycles. The maximum atomic E-state index is 12.4. The molecule has 0 heterocycles. The van der Waals surface area contributed by atoms with Crippen LogP contribution in [0.4, 0.5) is 0 Å². The maximum Gasteiger partial charge on any atom is 0.233 e. The summed E-state index contributed by atoms with van der Waals surface area (Å²) in [4.78, 5) is 13.4. The van der Waals surface area contributed by atoms with E-state index in [2.05, 4.69) is 5.32 Å². The van der Waals surface area contributed by atoms with Gasteiger partial charge in [0, 0.05) is 11.4 Å². The maximum absolute atomic E-state index is 12.4. The monoisotopic (exact) mass is 308 g/mol. The molecule has 21 heavy (non-hydrogen) atoms. The van der Waals surface area contributed by atoms with Gasteiger partial charge in [-0.3, -0.25) is 4.79 Å². The van der Waals surface area contributed by atoms with Crippen LogP contribution in [0.3, 0.4) is 0 Å². The van der Waals surface area contributed by atoms with Crippen LogP contribution in [-0.4, -0.2) is 30.4 Å². The van der Waals surface area contributed by atoms with E-state index in [1.54, 1.807) is 18.9 Å². The van der Waals surface area contributed by atoms with Crippen LogP contribution in [0.25, 0.3) is 0 Å². The van der Waals surface area contributed by atoms with Gasteiger partial charge in [0.15, 0.2) is 0 Å². The highest BCUT2D eigenvalue weighted by Gasteiger charge is 2.34. The zero-order chi connectivity index (χ0) is 15.3. The summed E-state index contributed by atoms with van der Waals surface area (Å²) >= 11 is 1.56. The third-order valence-corrected chi connectivity index (χ3v) is 5.19. The summed E-state index contributed by atoms with van der Waals surface area (Å²) < 4.78 is 5.14. The molecule has 1 aliphatic carbocycles. The Bertz CT molecular complexity index is 470. The van der Waals surface area contributed by atoms with Crippen molar-refractivity contribution in [3.63, 3.8) is 0 Å². The van der Waals surface area contributed by atoms with Gasteiger partial charge < -0.3 is 15.8 Å². The minimum Gasteiger partial charge on any atom is -0.497 e. The van der Waals surface area contributed by atoms with Gasteiger partial charge >= 0.3 is 0 Å². The first kappa shape index (κ1) is 16.2. The van der Waals surface area contributed by atoms with Crippen LogP contribution >= 0.6 is 11.8 Å². The van der Waals surface area contributed by atoms with Gasteiger partial charge in [0.1, 0.15) is 5.75 Å². The van der Waals surface area contributed by atoms with Crippen molar-refractivity contribution in [2.45, 2.75) is 48.3 Å². The third-order valence-electron chi connectivity index (χ3n) is 4.08. The number of methoxy groups -OCH3 is 1. The number of thioether (sulfide) groups is 1. The topological polar surface area (TPSA) is 64.3 Å². The standard InChI is InChI=1S/C16H24N2O2S/c1-12(21-14-7-5-13(20-2)6-8-14)15(19)18-16(11-17)9-3-4-10-16/h5-8,12H,3-4,9-11,17H2,1-2H3,(H,18,19). The number of hydrogen-bond donors (Lipinski definition) is 2. The predicted molar refractivity (Wildman–Crippen MR) is 86.7 cm³/mol. The molecule has 1 amide bonds. The van der Waals surface area contributed by atoms with E-state index in [1.807, 2.05) is 31.2 Å². The molecule has 1 atom stereocenters. The fraction of sp³-hybridized carbons (Fsp3) is 0.562. The second-order valence-electron chi connectivity index (χ2n) is 5.62. The van der Waals surface area contributed by atoms with Crippen LogP contribution in [0.1, 0.15) is 32.6 Å². The van der Waals surface area contributed by atoms with E-state index in [1.165, 1.54) is 0 Å². The molecule has 0 saturated heterocycles. The van der Waals surface area contributed by atoms with Crippen LogP contribution in [-0.2, 0) is 4.79 Å². The largest absolute Gasteiger partial charge is 0.497 e. The molecule has 0 radical (unpaired) electrons. The highest BCUT2D eigenvalue weighted by atomic mass is 32.2. The van der Waals surface area contributed by atoms with Gasteiger partial charge in [0.2, 0.25) is 5.91 Å². The second kappa shape index (κ2) is 7.18. The van der Waals surface area contributed by atoms with Crippen LogP contribution in [0.2, 0.25) is 0 Å². The second-order valence-corrected chi connectivity index (χ2v) is 7.03. The van der Waals surface area contributed by atoms with Gasteiger partial charge in [0.25, 0.3) is 0 Å². The fourth-order valence-electron chi connectivity index (χ4n) is 2.71. The van der Waals surface area contributed by atoms with Crippen LogP contribution < -0.4 is 15.8 Å². The Balaban J connectivity index is 1.92. The summed E-state index contributed by atoms with van der Waals surface area (Å²) in [5, 5.41) is 3.04. The van der Waals surface area contributed by atoms with Crippen molar-refractivity contribution in [1.29, 1.82) is 0 Å². The van der Waals surface area contributed by atoms with Gasteiger partial charge in [-0.05, 0) is 44.0 Å². The van der Waals surface area contributed by atoms with Crippen molar-refractivity contribution in [2.24, 2.45) is 5.73 Å². The van der Waals surface area contributed by atoms with E-state index in [0.717, 1.165) is 36.3 Å². The zero-order valence-corrected chi connectivity index (χ0v) is 13.5. The third kappa shape index (κ3) is 4.14. The number of amides is 1. The van der Waals surface area contributed by atoms with Gasteiger partial charge in [-0.25, -0.2) is 0 Å². The lowest BCUT2D eigenvalue weighted by atomic mass is 9.98. The van der Waals surface area contributed by atoms with E-state index in [0.29, 0.717) is 6.54 Å². The Hall–Kier alpha value is -1.20. The lowest BCUT2D eigenvalue weighted by Gasteiger charge is -2.30. The van der Waals surface area contributed by atoms with Crippen molar-refractivity contribution in [3.05, 3.63) is 24.3 Å². The molecule has 116 valence electrons. The minimum absolute atomic E-state index is 0.0724. The van der Waals surface area contributed by atoms with Crippen molar-refractivity contribution in [2.75, 3.05) is 13.7 Å². The zero-order valence-electron chi connectivity index (χ0n) is 12.7. The van der Waals surface area contributed by atoms with Crippen molar-refractivity contribution < 1.29 is 9.53 Å². The summed E-state index contributed by atoms with van der Waals surface area (Å²) in [7, 11) is 1.64. The number of carbonyl (C=O) groups is 1. The van der Waals surface area contributed by atoms with E-state index in [9.17, 15) is 4.79 Å². The molecule has 1 aromatic rings. The molecule has 2 rings (SSSR count). The van der Waals surface area contributed by atoms with Gasteiger partial charge in [-0.1, -0.05) is 12.8 Å². The van der Waals surface area contributed by atoms with Crippen molar-refractivity contribution in [1.82, 2.24) is 5.32 Å². The quantitative estimate of drug-likeness (QED) is 0.793. The minimum atomic E-state index is -0.175. The number of nitrogens with two attached hydrogens (primary N) is 1. The first-order valence-corrected chi connectivity index (χ1v) is 8.29. The highest BCUT2D eigenvalue weighted by molar-refractivity contribution is 8.00. The molecule has 1 saturated carbocycles. The smallest absolute Gasteiger partial charge is 0.233 e. The molecule has 4 nitrogen and oxygen atoms in total. The van der Waals surface area contributed by atoms with E-state index in [4.69, 9.17) is 10.5 Å². The molecule has 0 bridgehead atoms. The highest BCUT2D eigenvalue weighted by Crippen LogP contribution is 2.30. The SMILES string of the molecule is COc1ccc(SC(C)C(=O)NC2(CN)CCCC2)cc1. The van der Waals surface area contributed by atoms with Crippen LogP contribution in [0.5, 0.6) is 5.75 Å². The summed E-state index contributed by atoms with van der Waals surface area (Å²) in [5.74, 6) is 0.896. The molecule has 1 fully saturated rings. The van der Waals surface area contributed by atoms with Crippen LogP contribution in [0, 0.1) is 0 Å². The van der Waals surface area contributed by atoms with E-state index in [-0.39, 0.29) is 16.7 Å². The van der Waals surface area contributed by atoms with Crippen molar-refractivity contribution in [3.8, 4) is 5.75 Å². The molecular weight excluding hydrogens is 284 g/mol. The number of benzene rings is 1. The van der Waals surface area contributed by atoms with Gasteiger partial charge in [-0.2, -0.15) is 0 Å². The fourth-order valence-corrected chi connectivity index (χ4v) is 3.57. The molecule has 0 spiro atoms. The first-order valence-electron chi connectivity index (χ1n) is 7.41. The number of rotatable bonds is 6. The Morgan fingerprint density at radius 2 is 2.00 bits per heavy atom. The summed E-state index contributed by atoms with van der Waals surface area (Å²) in [6, 6.07) is 7.76. The van der Waals surface area contributed by atoms with Crippen molar-refractivity contribution >= 4 is 17.7 Å². The summed E-state index contributed by atoms with van der Waals surface area (Å²) in [5.41, 5.74) is 5.69. The molecule has 1 aromatic carbocycles. The molecule has 5 heteroatoms. The van der Waals surface area contributed by atoms with Crippen LogP contribution in [0.15, 0.2) is 29.2 Å². The molecular formula is C16H24N2O2S. The number of hydrogen-bond acceptors (Lipinski definition) is 4. The molecule has 1 unspecified atom stereocenters. The van der Waals surface area contributed by atoms with E-state index < -0.39 is 0 Å². The molecule has 1 aliphatic rings. The number of carbonyl (C=O) groups excluding carboxylic acids is 1. The Morgan fingerprint density at radius 1 is 1.38 bits per heavy atom. The normalized spacial score (nSPS) is 18.2. The number of nitrogens with one attached hydrogen (secondary N) is 1. The van der Waals surface area contributed by atoms with Gasteiger partial charge in [-0.15, -0.1) is 11.8 Å². The summed E-state index contributed by atoms with van der Waals surface area (Å²) in [6.45, 7) is 2.46. The van der Waals surface area contributed by atoms with E-state index >= 15 is 0 Å². The Morgan fingerprint density at radius 3 is 2.52 bits per heavy atom. The molecule has 3 N–H and O–H groups in total. The summed E-state index contributed by atoms with van der Waals surface area (Å²) in [6.07, 6.45) is 4.29. The molecule has 0 aromatic heterocycles. The first-order chi connectivity index (χ1) is 10.1. The lowest BCUT2D eigenvalue weighted by molar-refractivity contribution is -0.122. The predicted octanol–water partition coefficient (Wildman–Crippen LogP) is 2.56. The Kier molecular flexibility index (Phi) is 5.53. The van der Waals surface area contributed by atoms with Gasteiger partial charge in [0.05, 0.1) is 17.9 Å². The average Bonchev–Trinajstić information content (AvgIpc) is 2.97. The average molecular weight is 308 g/mol.